The van der Waals surface area contributed by atoms with Gasteiger partial charge in [-0.2, -0.15) is 5.26 Å². The van der Waals surface area contributed by atoms with Crippen LogP contribution in [0.15, 0.2) is 35.1 Å². The summed E-state index contributed by atoms with van der Waals surface area (Å²) in [5.74, 6) is 0.000661. The van der Waals surface area contributed by atoms with Crippen LogP contribution in [-0.2, 0) is 16.6 Å². The van der Waals surface area contributed by atoms with E-state index in [0.29, 0.717) is 24.9 Å². The summed E-state index contributed by atoms with van der Waals surface area (Å²) in [6, 6.07) is 12.3. The first-order chi connectivity index (χ1) is 13.0. The molecule has 1 aliphatic rings. The van der Waals surface area contributed by atoms with Crippen LogP contribution < -0.4 is 10.9 Å². The number of nitrogens with one attached hydrogen (secondary N) is 2. The van der Waals surface area contributed by atoms with Crippen molar-refractivity contribution in [1.29, 1.82) is 5.26 Å². The Balaban J connectivity index is 1.63. The fourth-order valence-corrected chi connectivity index (χ4v) is 3.98. The van der Waals surface area contributed by atoms with Crippen LogP contribution in [0, 0.1) is 25.2 Å². The molecule has 1 saturated carbocycles. The summed E-state index contributed by atoms with van der Waals surface area (Å²) in [4.78, 5) is 27.0. The van der Waals surface area contributed by atoms with Gasteiger partial charge in [0.2, 0.25) is 5.91 Å². The summed E-state index contributed by atoms with van der Waals surface area (Å²) in [6.07, 6.45) is 4.23. The van der Waals surface area contributed by atoms with Gasteiger partial charge in [0.15, 0.2) is 0 Å². The van der Waals surface area contributed by atoms with Gasteiger partial charge in [0.1, 0.15) is 11.6 Å². The van der Waals surface area contributed by atoms with E-state index in [1.807, 2.05) is 31.2 Å². The molecule has 2 aromatic rings. The normalized spacial score (nSPS) is 14.9. The van der Waals surface area contributed by atoms with Gasteiger partial charge in [-0.05, 0) is 49.8 Å². The molecule has 1 aromatic carbocycles. The number of benzene rings is 1. The van der Waals surface area contributed by atoms with Crippen molar-refractivity contribution in [3.05, 3.63) is 68.6 Å². The summed E-state index contributed by atoms with van der Waals surface area (Å²) in [6.45, 7) is 4.23. The van der Waals surface area contributed by atoms with Crippen molar-refractivity contribution in [2.24, 2.45) is 0 Å². The quantitative estimate of drug-likeness (QED) is 0.827. The third kappa shape index (κ3) is 3.80. The van der Waals surface area contributed by atoms with E-state index in [9.17, 15) is 9.59 Å². The van der Waals surface area contributed by atoms with Crippen LogP contribution in [0.4, 0.5) is 0 Å². The first kappa shape index (κ1) is 18.9. The van der Waals surface area contributed by atoms with E-state index in [0.717, 1.165) is 24.1 Å². The zero-order valence-electron chi connectivity index (χ0n) is 15.9. The highest BCUT2D eigenvalue weighted by molar-refractivity contribution is 5.76. The smallest absolute Gasteiger partial charge is 0.266 e. The van der Waals surface area contributed by atoms with Crippen molar-refractivity contribution in [2.45, 2.75) is 51.4 Å². The Hall–Kier alpha value is -2.87. The summed E-state index contributed by atoms with van der Waals surface area (Å²) in [5.41, 5.74) is 3.40. The third-order valence-corrected chi connectivity index (χ3v) is 5.84. The predicted molar refractivity (Wildman–Crippen MR) is 105 cm³/mol. The van der Waals surface area contributed by atoms with Gasteiger partial charge >= 0.3 is 0 Å². The minimum atomic E-state index is -0.365. The summed E-state index contributed by atoms with van der Waals surface area (Å²) >= 11 is 0. The molecular weight excluding hydrogens is 338 g/mol. The molecule has 0 aliphatic heterocycles. The van der Waals surface area contributed by atoms with Crippen molar-refractivity contribution in [3.8, 4) is 6.07 Å². The lowest BCUT2D eigenvalue weighted by Gasteiger charge is -2.42. The predicted octanol–water partition coefficient (Wildman–Crippen LogP) is 3.03. The highest BCUT2D eigenvalue weighted by Crippen LogP contribution is 2.43. The monoisotopic (exact) mass is 363 g/mol. The number of rotatable bonds is 6. The zero-order chi connectivity index (χ0) is 19.4. The summed E-state index contributed by atoms with van der Waals surface area (Å²) < 4.78 is 0. The Morgan fingerprint density at radius 1 is 1.26 bits per heavy atom. The maximum atomic E-state index is 12.4. The van der Waals surface area contributed by atoms with Crippen molar-refractivity contribution < 1.29 is 4.79 Å². The van der Waals surface area contributed by atoms with E-state index in [-0.39, 0.29) is 22.4 Å². The van der Waals surface area contributed by atoms with Crippen molar-refractivity contribution in [2.75, 3.05) is 6.54 Å². The number of nitrogens with zero attached hydrogens (tertiary/aromatic N) is 1. The molecular formula is C22H25N3O2. The molecule has 0 unspecified atom stereocenters. The SMILES string of the molecule is Cc1[nH]c(=O)c(C#N)c(C)c1CCC(=O)NCC1(c2ccccc2)CCC1. The van der Waals surface area contributed by atoms with Crippen LogP contribution in [0.1, 0.15) is 53.6 Å². The number of nitriles is 1. The van der Waals surface area contributed by atoms with Gasteiger partial charge in [0.25, 0.3) is 5.56 Å². The fourth-order valence-electron chi connectivity index (χ4n) is 3.98. The molecule has 1 heterocycles. The number of aromatic nitrogens is 1. The van der Waals surface area contributed by atoms with Crippen LogP contribution in [-0.4, -0.2) is 17.4 Å². The number of H-pyrrole nitrogens is 1. The van der Waals surface area contributed by atoms with Crippen LogP contribution in [0.2, 0.25) is 0 Å². The third-order valence-electron chi connectivity index (χ3n) is 5.84. The standard InChI is InChI=1S/C22H25N3O2/c1-15-18(16(2)25-21(27)19(15)13-23)9-10-20(26)24-14-22(11-6-12-22)17-7-4-3-5-8-17/h3-5,7-8H,6,9-12,14H2,1-2H3,(H,24,26)(H,25,27). The molecule has 0 atom stereocenters. The number of aromatic amines is 1. The Morgan fingerprint density at radius 3 is 2.56 bits per heavy atom. The maximum absolute atomic E-state index is 12.4. The number of hydrogen-bond acceptors (Lipinski definition) is 3. The van der Waals surface area contributed by atoms with E-state index in [2.05, 4.69) is 22.4 Å². The second-order valence-electron chi connectivity index (χ2n) is 7.45. The summed E-state index contributed by atoms with van der Waals surface area (Å²) in [7, 11) is 0. The summed E-state index contributed by atoms with van der Waals surface area (Å²) in [5, 5.41) is 12.3. The molecule has 1 aliphatic carbocycles. The number of amides is 1. The minimum Gasteiger partial charge on any atom is -0.355 e. The lowest BCUT2D eigenvalue weighted by atomic mass is 9.64. The van der Waals surface area contributed by atoms with Crippen molar-refractivity contribution in [1.82, 2.24) is 10.3 Å². The van der Waals surface area contributed by atoms with E-state index in [1.165, 1.54) is 12.0 Å². The van der Waals surface area contributed by atoms with Crippen LogP contribution in [0.5, 0.6) is 0 Å². The second kappa shape index (κ2) is 7.79. The lowest BCUT2D eigenvalue weighted by Crippen LogP contribution is -2.45. The Bertz CT molecular complexity index is 935. The molecule has 140 valence electrons. The molecule has 1 fully saturated rings. The number of carbonyl (C=O) groups excluding carboxylic acids is 1. The van der Waals surface area contributed by atoms with Crippen LogP contribution in [0.25, 0.3) is 0 Å². The van der Waals surface area contributed by atoms with E-state index in [1.54, 1.807) is 6.92 Å². The Kier molecular flexibility index (Phi) is 5.46. The minimum absolute atomic E-state index is 0.000661. The molecule has 0 saturated heterocycles. The van der Waals surface area contributed by atoms with Crippen LogP contribution >= 0.6 is 0 Å². The molecule has 0 bridgehead atoms. The average Bonchev–Trinajstić information content (AvgIpc) is 2.61. The number of pyridine rings is 1. The maximum Gasteiger partial charge on any atom is 0.266 e. The van der Waals surface area contributed by atoms with Gasteiger partial charge in [-0.3, -0.25) is 9.59 Å². The van der Waals surface area contributed by atoms with Gasteiger partial charge in [0, 0.05) is 24.1 Å². The second-order valence-corrected chi connectivity index (χ2v) is 7.45. The van der Waals surface area contributed by atoms with Gasteiger partial charge in [-0.1, -0.05) is 36.8 Å². The zero-order valence-corrected chi connectivity index (χ0v) is 15.9. The highest BCUT2D eigenvalue weighted by Gasteiger charge is 2.38. The van der Waals surface area contributed by atoms with Gasteiger partial charge in [-0.25, -0.2) is 0 Å². The number of hydrogen-bond donors (Lipinski definition) is 2. The lowest BCUT2D eigenvalue weighted by molar-refractivity contribution is -0.121. The first-order valence-electron chi connectivity index (χ1n) is 9.41. The Morgan fingerprint density at radius 2 is 1.96 bits per heavy atom. The molecule has 27 heavy (non-hydrogen) atoms. The van der Waals surface area contributed by atoms with Crippen molar-refractivity contribution >= 4 is 5.91 Å². The molecule has 5 heteroatoms. The topological polar surface area (TPSA) is 85.8 Å². The molecule has 3 rings (SSSR count). The van der Waals surface area contributed by atoms with Gasteiger partial charge in [0.05, 0.1) is 0 Å². The van der Waals surface area contributed by atoms with Gasteiger partial charge in [-0.15, -0.1) is 0 Å². The van der Waals surface area contributed by atoms with E-state index >= 15 is 0 Å². The molecule has 1 aromatic heterocycles. The largest absolute Gasteiger partial charge is 0.355 e. The number of aryl methyl sites for hydroxylation is 1. The average molecular weight is 363 g/mol. The Labute approximate surface area is 159 Å². The molecule has 5 nitrogen and oxygen atoms in total. The molecule has 2 N–H and O–H groups in total. The van der Waals surface area contributed by atoms with Crippen LogP contribution in [0.3, 0.4) is 0 Å². The van der Waals surface area contributed by atoms with E-state index < -0.39 is 0 Å². The van der Waals surface area contributed by atoms with E-state index in [4.69, 9.17) is 5.26 Å². The molecule has 0 radical (unpaired) electrons. The first-order valence-corrected chi connectivity index (χ1v) is 9.41. The highest BCUT2D eigenvalue weighted by atomic mass is 16.1. The number of carbonyl (C=O) groups is 1. The fraction of sp³-hybridized carbons (Fsp3) is 0.409. The van der Waals surface area contributed by atoms with Gasteiger partial charge < -0.3 is 10.3 Å². The molecule has 1 amide bonds. The van der Waals surface area contributed by atoms with Crippen molar-refractivity contribution in [3.63, 3.8) is 0 Å². The molecule has 0 spiro atoms.